The quantitative estimate of drug-likeness (QED) is 0.871. The second kappa shape index (κ2) is 4.27. The minimum atomic E-state index is -2.65. The first-order valence-corrected chi connectivity index (χ1v) is 6.40. The van der Waals surface area contributed by atoms with Crippen molar-refractivity contribution in [1.29, 1.82) is 0 Å². The fourth-order valence-electron chi connectivity index (χ4n) is 2.51. The summed E-state index contributed by atoms with van der Waals surface area (Å²) in [5.74, 6) is -2.70. The molecule has 0 amide bonds. The highest BCUT2D eigenvalue weighted by atomic mass is 35.5. The van der Waals surface area contributed by atoms with Gasteiger partial charge in [0.1, 0.15) is 5.82 Å². The van der Waals surface area contributed by atoms with Crippen LogP contribution in [0.4, 0.5) is 8.78 Å². The van der Waals surface area contributed by atoms with Gasteiger partial charge in [-0.25, -0.2) is 13.8 Å². The Hall–Kier alpha value is -1.49. The van der Waals surface area contributed by atoms with Gasteiger partial charge in [-0.15, -0.1) is 0 Å². The van der Waals surface area contributed by atoms with Crippen molar-refractivity contribution in [2.75, 3.05) is 0 Å². The van der Waals surface area contributed by atoms with Gasteiger partial charge in [-0.1, -0.05) is 11.6 Å². The van der Waals surface area contributed by atoms with Crippen molar-refractivity contribution in [3.63, 3.8) is 0 Å². The Balaban J connectivity index is 2.07. The lowest BCUT2D eigenvalue weighted by Crippen LogP contribution is -2.15. The van der Waals surface area contributed by atoms with Crippen LogP contribution in [-0.2, 0) is 0 Å². The molecule has 100 valence electrons. The molecule has 1 N–H and O–H groups in total. The average molecular weight is 285 g/mol. The Kier molecular flexibility index (Phi) is 2.82. The van der Waals surface area contributed by atoms with Gasteiger partial charge in [0, 0.05) is 23.8 Å². The number of fused-ring (bicyclic) bond motifs is 1. The fourth-order valence-corrected chi connectivity index (χ4v) is 2.68. The first-order valence-electron chi connectivity index (χ1n) is 6.02. The third-order valence-electron chi connectivity index (χ3n) is 3.48. The highest BCUT2D eigenvalue weighted by Gasteiger charge is 2.41. The van der Waals surface area contributed by atoms with Crippen molar-refractivity contribution in [3.8, 4) is 0 Å². The largest absolute Gasteiger partial charge is 0.310 e. The maximum Gasteiger partial charge on any atom is 0.258 e. The summed E-state index contributed by atoms with van der Waals surface area (Å²) >= 11 is 5.82. The van der Waals surface area contributed by atoms with Gasteiger partial charge in [-0.05, 0) is 24.6 Å². The van der Waals surface area contributed by atoms with E-state index in [0.29, 0.717) is 28.2 Å². The van der Waals surface area contributed by atoms with Crippen LogP contribution in [-0.4, -0.2) is 15.9 Å². The summed E-state index contributed by atoms with van der Waals surface area (Å²) in [5, 5.41) is 0.820. The SMILES string of the molecule is O=c1[nH]c(C2CCC(F)(F)C2)nc2ccc(Cl)cc12. The molecule has 6 heteroatoms. The zero-order valence-electron chi connectivity index (χ0n) is 9.92. The summed E-state index contributed by atoms with van der Waals surface area (Å²) in [6.45, 7) is 0. The lowest BCUT2D eigenvalue weighted by atomic mass is 10.1. The maximum atomic E-state index is 13.2. The van der Waals surface area contributed by atoms with Gasteiger partial charge < -0.3 is 4.98 Å². The van der Waals surface area contributed by atoms with E-state index in [1.807, 2.05) is 0 Å². The Labute approximate surface area is 112 Å². The van der Waals surface area contributed by atoms with Gasteiger partial charge >= 0.3 is 0 Å². The second-order valence-electron chi connectivity index (χ2n) is 4.91. The number of nitrogens with one attached hydrogen (secondary N) is 1. The van der Waals surface area contributed by atoms with E-state index >= 15 is 0 Å². The molecule has 1 unspecified atom stereocenters. The molecule has 1 fully saturated rings. The number of alkyl halides is 2. The van der Waals surface area contributed by atoms with E-state index in [1.165, 1.54) is 6.07 Å². The van der Waals surface area contributed by atoms with Crippen LogP contribution in [0.5, 0.6) is 0 Å². The number of halogens is 3. The van der Waals surface area contributed by atoms with Gasteiger partial charge in [0.05, 0.1) is 10.9 Å². The molecule has 0 bridgehead atoms. The Morgan fingerprint density at radius 2 is 2.21 bits per heavy atom. The van der Waals surface area contributed by atoms with Crippen molar-refractivity contribution in [3.05, 3.63) is 39.4 Å². The standard InChI is InChI=1S/C13H11ClF2N2O/c14-8-1-2-10-9(5-8)12(19)18-11(17-10)7-3-4-13(15,16)6-7/h1-2,5,7H,3-4,6H2,(H,17,18,19). The van der Waals surface area contributed by atoms with Crippen molar-refractivity contribution < 1.29 is 8.78 Å². The van der Waals surface area contributed by atoms with Crippen molar-refractivity contribution in [2.24, 2.45) is 0 Å². The van der Waals surface area contributed by atoms with E-state index in [4.69, 9.17) is 11.6 Å². The highest BCUT2D eigenvalue weighted by molar-refractivity contribution is 6.31. The summed E-state index contributed by atoms with van der Waals surface area (Å²) in [5.41, 5.74) is 0.149. The molecule has 19 heavy (non-hydrogen) atoms. The van der Waals surface area contributed by atoms with Crippen molar-refractivity contribution >= 4 is 22.5 Å². The lowest BCUT2D eigenvalue weighted by Gasteiger charge is -2.10. The minimum absolute atomic E-state index is 0.153. The first-order chi connectivity index (χ1) is 8.94. The number of hydrogen-bond acceptors (Lipinski definition) is 2. The normalized spacial score (nSPS) is 21.9. The predicted octanol–water partition coefficient (Wildman–Crippen LogP) is 3.48. The van der Waals surface area contributed by atoms with Crippen molar-refractivity contribution in [1.82, 2.24) is 9.97 Å². The van der Waals surface area contributed by atoms with Gasteiger partial charge in [-0.2, -0.15) is 0 Å². The summed E-state index contributed by atoms with van der Waals surface area (Å²) in [4.78, 5) is 18.8. The zero-order chi connectivity index (χ0) is 13.6. The molecule has 3 rings (SSSR count). The smallest absolute Gasteiger partial charge is 0.258 e. The lowest BCUT2D eigenvalue weighted by molar-refractivity contribution is 0.00754. The van der Waals surface area contributed by atoms with Crippen molar-refractivity contribution in [2.45, 2.75) is 31.1 Å². The number of hydrogen-bond donors (Lipinski definition) is 1. The molecular weight excluding hydrogens is 274 g/mol. The Bertz CT molecular complexity index is 699. The van der Waals surface area contributed by atoms with Gasteiger partial charge in [0.2, 0.25) is 5.92 Å². The van der Waals surface area contributed by atoms with E-state index < -0.39 is 5.92 Å². The van der Waals surface area contributed by atoms with E-state index in [1.54, 1.807) is 12.1 Å². The summed E-state index contributed by atoms with van der Waals surface area (Å²) in [6.07, 6.45) is -0.0654. The van der Waals surface area contributed by atoms with E-state index in [0.717, 1.165) is 0 Å². The van der Waals surface area contributed by atoms with Gasteiger partial charge in [0.15, 0.2) is 0 Å². The molecule has 0 spiro atoms. The predicted molar refractivity (Wildman–Crippen MR) is 68.9 cm³/mol. The molecule has 0 aliphatic heterocycles. The molecule has 1 aliphatic carbocycles. The third kappa shape index (κ3) is 2.34. The highest BCUT2D eigenvalue weighted by Crippen LogP contribution is 2.43. The van der Waals surface area contributed by atoms with Crippen LogP contribution in [0.2, 0.25) is 5.02 Å². The molecule has 1 aromatic carbocycles. The van der Waals surface area contributed by atoms with Crippen LogP contribution >= 0.6 is 11.6 Å². The number of aromatic nitrogens is 2. The number of nitrogens with zero attached hydrogens (tertiary/aromatic N) is 1. The molecular formula is C13H11ClF2N2O. The molecule has 1 aliphatic rings. The molecule has 1 aromatic heterocycles. The van der Waals surface area contributed by atoms with Crippen LogP contribution in [0.15, 0.2) is 23.0 Å². The molecule has 3 nitrogen and oxygen atoms in total. The fraction of sp³-hybridized carbons (Fsp3) is 0.385. The van der Waals surface area contributed by atoms with E-state index in [2.05, 4.69) is 9.97 Å². The third-order valence-corrected chi connectivity index (χ3v) is 3.71. The average Bonchev–Trinajstić information content (AvgIpc) is 2.70. The summed E-state index contributed by atoms with van der Waals surface area (Å²) in [7, 11) is 0. The topological polar surface area (TPSA) is 45.8 Å². The molecule has 0 radical (unpaired) electrons. The van der Waals surface area contributed by atoms with Crippen LogP contribution in [0.25, 0.3) is 10.9 Å². The van der Waals surface area contributed by atoms with Gasteiger partial charge in [0.25, 0.3) is 5.56 Å². The monoisotopic (exact) mass is 284 g/mol. The zero-order valence-corrected chi connectivity index (χ0v) is 10.7. The Morgan fingerprint density at radius 3 is 2.89 bits per heavy atom. The van der Waals surface area contributed by atoms with Crippen LogP contribution in [0.3, 0.4) is 0 Å². The number of H-pyrrole nitrogens is 1. The second-order valence-corrected chi connectivity index (χ2v) is 5.34. The molecule has 2 aromatic rings. The van der Waals surface area contributed by atoms with Gasteiger partial charge in [-0.3, -0.25) is 4.79 Å². The molecule has 1 atom stereocenters. The van der Waals surface area contributed by atoms with Crippen LogP contribution in [0.1, 0.15) is 31.0 Å². The van der Waals surface area contributed by atoms with Crippen LogP contribution in [0, 0.1) is 0 Å². The number of aromatic amines is 1. The molecule has 0 saturated heterocycles. The Morgan fingerprint density at radius 1 is 1.42 bits per heavy atom. The number of rotatable bonds is 1. The summed E-state index contributed by atoms with van der Waals surface area (Å²) in [6, 6.07) is 4.78. The first kappa shape index (κ1) is 12.5. The minimum Gasteiger partial charge on any atom is -0.310 e. The van der Waals surface area contributed by atoms with Crippen LogP contribution < -0.4 is 5.56 Å². The maximum absolute atomic E-state index is 13.2. The molecule has 1 saturated carbocycles. The van der Waals surface area contributed by atoms with E-state index in [-0.39, 0.29) is 24.3 Å². The van der Waals surface area contributed by atoms with E-state index in [9.17, 15) is 13.6 Å². The number of benzene rings is 1. The molecule has 1 heterocycles. The summed E-state index contributed by atoms with van der Waals surface area (Å²) < 4.78 is 26.4.